The predicted molar refractivity (Wildman–Crippen MR) is 123 cm³/mol. The first kappa shape index (κ1) is 21.3. The van der Waals surface area contributed by atoms with E-state index in [9.17, 15) is 19.2 Å². The molecule has 2 aliphatic heterocycles. The Kier molecular flexibility index (Phi) is 4.67. The van der Waals surface area contributed by atoms with E-state index in [2.05, 4.69) is 32.9 Å². The monoisotopic (exact) mass is 442 g/mol. The summed E-state index contributed by atoms with van der Waals surface area (Å²) >= 11 is 0. The maximum atomic E-state index is 12.1. The molecule has 0 radical (unpaired) electrons. The van der Waals surface area contributed by atoms with E-state index in [4.69, 9.17) is 0 Å². The van der Waals surface area contributed by atoms with Gasteiger partial charge >= 0.3 is 0 Å². The van der Waals surface area contributed by atoms with Crippen molar-refractivity contribution < 1.29 is 19.2 Å². The van der Waals surface area contributed by atoms with Crippen LogP contribution in [0, 0.1) is 0 Å². The number of amides is 4. The molecule has 1 saturated heterocycles. The third kappa shape index (κ3) is 3.32. The van der Waals surface area contributed by atoms with E-state index in [1.54, 1.807) is 0 Å². The maximum absolute atomic E-state index is 12.1. The molecule has 0 aromatic heterocycles. The molecule has 168 valence electrons. The van der Waals surface area contributed by atoms with Crippen LogP contribution in [0.25, 0.3) is 0 Å². The van der Waals surface area contributed by atoms with Crippen LogP contribution in [0.5, 0.6) is 0 Å². The smallest absolute Gasteiger partial charge is 0.258 e. The number of carbonyl (C=O) groups excluding carboxylic acids is 4. The lowest BCUT2D eigenvalue weighted by molar-refractivity contribution is -0.139. The Morgan fingerprint density at radius 1 is 0.788 bits per heavy atom. The van der Waals surface area contributed by atoms with Gasteiger partial charge in [0.05, 0.1) is 12.2 Å². The van der Waals surface area contributed by atoms with Crippen LogP contribution < -0.4 is 4.90 Å². The molecule has 1 fully saturated rings. The first-order valence-electron chi connectivity index (χ1n) is 11.2. The van der Waals surface area contributed by atoms with Crippen LogP contribution in [0.15, 0.2) is 54.6 Å². The number of fused-ring (bicyclic) bond motifs is 1. The Labute approximate surface area is 192 Å². The van der Waals surface area contributed by atoms with Crippen molar-refractivity contribution in [2.45, 2.75) is 57.4 Å². The van der Waals surface area contributed by atoms with E-state index in [0.717, 1.165) is 17.5 Å². The summed E-state index contributed by atoms with van der Waals surface area (Å²) in [7, 11) is 0. The highest BCUT2D eigenvalue weighted by molar-refractivity contribution is 6.28. The molecular formula is C27H26N2O4. The van der Waals surface area contributed by atoms with Crippen molar-refractivity contribution in [3.63, 3.8) is 0 Å². The van der Waals surface area contributed by atoms with Gasteiger partial charge in [0.25, 0.3) is 11.8 Å². The van der Waals surface area contributed by atoms with Crippen LogP contribution in [0.2, 0.25) is 0 Å². The fourth-order valence-corrected chi connectivity index (χ4v) is 5.68. The number of likely N-dealkylation sites (tertiary alicyclic amines) is 1. The third-order valence-corrected chi connectivity index (χ3v) is 7.27. The first-order chi connectivity index (χ1) is 15.6. The van der Waals surface area contributed by atoms with Gasteiger partial charge in [0.2, 0.25) is 11.8 Å². The quantitative estimate of drug-likeness (QED) is 0.676. The van der Waals surface area contributed by atoms with Crippen molar-refractivity contribution in [2.75, 3.05) is 4.90 Å². The van der Waals surface area contributed by atoms with Crippen LogP contribution in [0.1, 0.15) is 62.3 Å². The Hall–Kier alpha value is -3.54. The lowest BCUT2D eigenvalue weighted by atomic mass is 9.75. The summed E-state index contributed by atoms with van der Waals surface area (Å²) in [6, 6.07) is 13.9. The highest BCUT2D eigenvalue weighted by Crippen LogP contribution is 2.53. The number of anilines is 1. The standard InChI is InChI=1S/C27H26N2O4/c1-26(2)16-27(3,18-5-7-19(8-6-18)29-24(32)12-13-25(29)33)21-14-17(4-9-20(21)26)15-28-22(30)10-11-23(28)31/h4-9,12-14H,10-11,15-16H2,1-3H3. The molecule has 4 amide bonds. The van der Waals surface area contributed by atoms with Crippen molar-refractivity contribution in [3.8, 4) is 0 Å². The number of nitrogens with zero attached hydrogens (tertiary/aromatic N) is 2. The lowest BCUT2D eigenvalue weighted by Gasteiger charge is -2.29. The van der Waals surface area contributed by atoms with Crippen LogP contribution in [-0.4, -0.2) is 28.5 Å². The van der Waals surface area contributed by atoms with E-state index < -0.39 is 0 Å². The second-order valence-electron chi connectivity index (χ2n) is 10.0. The highest BCUT2D eigenvalue weighted by Gasteiger charge is 2.46. The molecule has 0 spiro atoms. The molecule has 2 aromatic carbocycles. The fraction of sp³-hybridized carbons (Fsp3) is 0.333. The zero-order valence-corrected chi connectivity index (χ0v) is 19.1. The zero-order valence-electron chi connectivity index (χ0n) is 19.1. The topological polar surface area (TPSA) is 74.8 Å². The molecule has 33 heavy (non-hydrogen) atoms. The van der Waals surface area contributed by atoms with Crippen LogP contribution in [-0.2, 0) is 36.6 Å². The Morgan fingerprint density at radius 3 is 2.00 bits per heavy atom. The average molecular weight is 443 g/mol. The van der Waals surface area contributed by atoms with Crippen molar-refractivity contribution >= 4 is 29.3 Å². The Balaban J connectivity index is 1.50. The Morgan fingerprint density at radius 2 is 1.39 bits per heavy atom. The molecule has 5 rings (SSSR count). The molecule has 0 bridgehead atoms. The molecule has 1 unspecified atom stereocenters. The second kappa shape index (κ2) is 7.24. The summed E-state index contributed by atoms with van der Waals surface area (Å²) in [5.74, 6) is -0.886. The van der Waals surface area contributed by atoms with Crippen LogP contribution >= 0.6 is 0 Å². The van der Waals surface area contributed by atoms with Gasteiger partial charge in [-0.3, -0.25) is 24.1 Å². The number of benzene rings is 2. The van der Waals surface area contributed by atoms with Crippen molar-refractivity contribution in [2.24, 2.45) is 0 Å². The van der Waals surface area contributed by atoms with E-state index in [1.165, 1.54) is 33.1 Å². The second-order valence-corrected chi connectivity index (χ2v) is 10.0. The minimum absolute atomic E-state index is 0.0502. The van der Waals surface area contributed by atoms with Gasteiger partial charge in [-0.1, -0.05) is 51.1 Å². The van der Waals surface area contributed by atoms with Gasteiger partial charge < -0.3 is 0 Å². The van der Waals surface area contributed by atoms with Gasteiger partial charge in [0.1, 0.15) is 0 Å². The summed E-state index contributed by atoms with van der Waals surface area (Å²) in [5, 5.41) is 0. The summed E-state index contributed by atoms with van der Waals surface area (Å²) in [5.41, 5.74) is 4.69. The fourth-order valence-electron chi connectivity index (χ4n) is 5.68. The molecule has 2 aromatic rings. The summed E-state index contributed by atoms with van der Waals surface area (Å²) < 4.78 is 0. The van der Waals surface area contributed by atoms with E-state index in [1.807, 2.05) is 30.3 Å². The minimum Gasteiger partial charge on any atom is -0.278 e. The summed E-state index contributed by atoms with van der Waals surface area (Å²) in [6.07, 6.45) is 4.04. The molecule has 2 heterocycles. The number of hydrogen-bond donors (Lipinski definition) is 0. The highest BCUT2D eigenvalue weighted by atomic mass is 16.2. The van der Waals surface area contributed by atoms with Crippen LogP contribution in [0.3, 0.4) is 0 Å². The number of carbonyl (C=O) groups is 4. The van der Waals surface area contributed by atoms with Crippen molar-refractivity contribution in [1.82, 2.24) is 4.90 Å². The average Bonchev–Trinajstić information content (AvgIpc) is 3.35. The van der Waals surface area contributed by atoms with Gasteiger partial charge in [0.15, 0.2) is 0 Å². The van der Waals surface area contributed by atoms with Crippen LogP contribution in [0.4, 0.5) is 5.69 Å². The molecule has 1 atom stereocenters. The van der Waals surface area contributed by atoms with Gasteiger partial charge in [-0.05, 0) is 46.2 Å². The first-order valence-corrected chi connectivity index (χ1v) is 11.2. The van der Waals surface area contributed by atoms with E-state index in [0.29, 0.717) is 25.1 Å². The van der Waals surface area contributed by atoms with Gasteiger partial charge in [0, 0.05) is 30.4 Å². The molecule has 3 aliphatic rings. The number of hydrogen-bond acceptors (Lipinski definition) is 4. The Bertz CT molecular complexity index is 1210. The summed E-state index contributed by atoms with van der Waals surface area (Å²) in [6.45, 7) is 6.96. The SMILES string of the molecule is CC1(C)CC(C)(c2ccc(N3C(=O)C=CC3=O)cc2)c2cc(CN3C(=O)CCC3=O)ccc21. The lowest BCUT2D eigenvalue weighted by Crippen LogP contribution is -2.30. The molecule has 0 saturated carbocycles. The van der Waals surface area contributed by atoms with Crippen molar-refractivity contribution in [1.29, 1.82) is 0 Å². The molecule has 6 nitrogen and oxygen atoms in total. The van der Waals surface area contributed by atoms with E-state index in [-0.39, 0.29) is 34.5 Å². The molecule has 0 N–H and O–H groups in total. The minimum atomic E-state index is -0.332. The molecule has 1 aliphatic carbocycles. The third-order valence-electron chi connectivity index (χ3n) is 7.27. The normalized spacial score (nSPS) is 23.7. The largest absolute Gasteiger partial charge is 0.278 e. The molecule has 6 heteroatoms. The van der Waals surface area contributed by atoms with Gasteiger partial charge in [-0.25, -0.2) is 4.90 Å². The number of rotatable bonds is 4. The zero-order chi connectivity index (χ0) is 23.5. The summed E-state index contributed by atoms with van der Waals surface area (Å²) in [4.78, 5) is 50.8. The van der Waals surface area contributed by atoms with Crippen molar-refractivity contribution in [3.05, 3.63) is 76.9 Å². The number of imide groups is 2. The predicted octanol–water partition coefficient (Wildman–Crippen LogP) is 3.75. The maximum Gasteiger partial charge on any atom is 0.258 e. The van der Waals surface area contributed by atoms with E-state index >= 15 is 0 Å². The van der Waals surface area contributed by atoms with Gasteiger partial charge in [-0.2, -0.15) is 0 Å². The molecular weight excluding hydrogens is 416 g/mol. The van der Waals surface area contributed by atoms with Gasteiger partial charge in [-0.15, -0.1) is 0 Å².